The van der Waals surface area contributed by atoms with Crippen LogP contribution in [0.25, 0.3) is 0 Å². The molecule has 0 radical (unpaired) electrons. The second-order valence-electron chi connectivity index (χ2n) is 6.76. The fraction of sp³-hybridized carbons (Fsp3) is 0.812. The summed E-state index contributed by atoms with van der Waals surface area (Å²) >= 11 is 1.88. The average Bonchev–Trinajstić information content (AvgIpc) is 3.19. The minimum absolute atomic E-state index is 0.298. The molecule has 0 aromatic carbocycles. The maximum Gasteiger partial charge on any atom is 0.186 e. The summed E-state index contributed by atoms with van der Waals surface area (Å²) in [4.78, 5) is 8.88. The molecule has 118 valence electrons. The number of aromatic nitrogens is 1. The van der Waals surface area contributed by atoms with Crippen molar-refractivity contribution in [2.45, 2.75) is 71.2 Å². The molecule has 2 atom stereocenters. The molecule has 2 aliphatic rings. The summed E-state index contributed by atoms with van der Waals surface area (Å²) in [5, 5.41) is 4.74. The Bertz CT molecular complexity index is 484. The Hall–Kier alpha value is -0.650. The first-order valence-corrected chi connectivity index (χ1v) is 8.97. The molecular formula is C16H27N3OS. The van der Waals surface area contributed by atoms with Crippen LogP contribution in [0.1, 0.15) is 57.0 Å². The molecule has 1 aliphatic heterocycles. The van der Waals surface area contributed by atoms with Gasteiger partial charge in [-0.25, -0.2) is 4.98 Å². The van der Waals surface area contributed by atoms with Crippen LogP contribution < -0.4 is 10.2 Å². The van der Waals surface area contributed by atoms with E-state index in [1.165, 1.54) is 28.5 Å². The van der Waals surface area contributed by atoms with Gasteiger partial charge in [0.05, 0.1) is 24.4 Å². The third kappa shape index (κ3) is 3.58. The number of thiazole rings is 1. The van der Waals surface area contributed by atoms with Crippen LogP contribution >= 0.6 is 11.3 Å². The van der Waals surface area contributed by atoms with Crippen LogP contribution in [0.2, 0.25) is 0 Å². The molecule has 0 amide bonds. The first-order chi connectivity index (χ1) is 10.0. The summed E-state index contributed by atoms with van der Waals surface area (Å²) in [6.45, 7) is 11.5. The molecule has 1 saturated carbocycles. The van der Waals surface area contributed by atoms with Gasteiger partial charge in [-0.15, -0.1) is 11.3 Å². The van der Waals surface area contributed by atoms with Gasteiger partial charge in [0.15, 0.2) is 5.13 Å². The van der Waals surface area contributed by atoms with E-state index in [1.807, 2.05) is 11.3 Å². The number of anilines is 1. The predicted octanol–water partition coefficient (Wildman–Crippen LogP) is 3.13. The van der Waals surface area contributed by atoms with Crippen molar-refractivity contribution < 1.29 is 4.74 Å². The number of hydrogen-bond donors (Lipinski definition) is 1. The highest BCUT2D eigenvalue weighted by molar-refractivity contribution is 7.15. The quantitative estimate of drug-likeness (QED) is 0.907. The van der Waals surface area contributed by atoms with Crippen LogP contribution in [-0.4, -0.2) is 36.3 Å². The maximum absolute atomic E-state index is 5.74. The molecule has 2 heterocycles. The SMILES string of the molecule is CC(C)NCc1sc(N2CC(C)OCC2C)nc1C1CC1. The van der Waals surface area contributed by atoms with E-state index in [4.69, 9.17) is 9.72 Å². The summed E-state index contributed by atoms with van der Waals surface area (Å²) in [6, 6.07) is 0.940. The lowest BCUT2D eigenvalue weighted by atomic mass is 10.2. The standard InChI is InChI=1S/C16H27N3OS/c1-10(2)17-7-14-15(13-5-6-13)18-16(21-14)19-8-12(4)20-9-11(19)3/h10-13,17H,5-9H2,1-4H3. The van der Waals surface area contributed by atoms with Gasteiger partial charge in [-0.3, -0.25) is 0 Å². The second kappa shape index (κ2) is 6.23. The van der Waals surface area contributed by atoms with E-state index in [0.29, 0.717) is 24.1 Å². The molecule has 3 rings (SSSR count). The minimum atomic E-state index is 0.298. The molecule has 1 aromatic rings. The molecule has 0 bridgehead atoms. The van der Waals surface area contributed by atoms with Crippen LogP contribution in [0.4, 0.5) is 5.13 Å². The Kier molecular flexibility index (Phi) is 4.52. The van der Waals surface area contributed by atoms with Gasteiger partial charge in [-0.05, 0) is 26.7 Å². The van der Waals surface area contributed by atoms with Gasteiger partial charge in [0.25, 0.3) is 0 Å². The van der Waals surface area contributed by atoms with Crippen molar-refractivity contribution in [2.75, 3.05) is 18.1 Å². The van der Waals surface area contributed by atoms with E-state index in [2.05, 4.69) is 37.9 Å². The van der Waals surface area contributed by atoms with Gasteiger partial charge in [0.1, 0.15) is 0 Å². The predicted molar refractivity (Wildman–Crippen MR) is 88.3 cm³/mol. The Labute approximate surface area is 131 Å². The van der Waals surface area contributed by atoms with Crippen molar-refractivity contribution in [2.24, 2.45) is 0 Å². The van der Waals surface area contributed by atoms with Gasteiger partial charge < -0.3 is 15.0 Å². The number of nitrogens with zero attached hydrogens (tertiary/aromatic N) is 2. The van der Waals surface area contributed by atoms with E-state index in [1.54, 1.807) is 0 Å². The molecule has 2 unspecified atom stereocenters. The Morgan fingerprint density at radius 1 is 1.38 bits per heavy atom. The summed E-state index contributed by atoms with van der Waals surface area (Å²) < 4.78 is 5.74. The van der Waals surface area contributed by atoms with Gasteiger partial charge in [-0.1, -0.05) is 13.8 Å². The molecule has 5 heteroatoms. The molecular weight excluding hydrogens is 282 g/mol. The fourth-order valence-electron chi connectivity index (χ4n) is 2.74. The molecule has 1 aliphatic carbocycles. The number of morpholine rings is 1. The van der Waals surface area contributed by atoms with Crippen LogP contribution in [0, 0.1) is 0 Å². The molecule has 1 saturated heterocycles. The van der Waals surface area contributed by atoms with Gasteiger partial charge >= 0.3 is 0 Å². The number of nitrogens with one attached hydrogen (secondary N) is 1. The third-order valence-corrected chi connectivity index (χ3v) is 5.31. The normalized spacial score (nSPS) is 26.6. The van der Waals surface area contributed by atoms with E-state index in [0.717, 1.165) is 19.7 Å². The van der Waals surface area contributed by atoms with E-state index in [-0.39, 0.29) is 0 Å². The van der Waals surface area contributed by atoms with Crippen LogP contribution in [0.15, 0.2) is 0 Å². The molecule has 1 N–H and O–H groups in total. The third-order valence-electron chi connectivity index (χ3n) is 4.20. The minimum Gasteiger partial charge on any atom is -0.375 e. The van der Waals surface area contributed by atoms with Crippen molar-refractivity contribution in [1.82, 2.24) is 10.3 Å². The maximum atomic E-state index is 5.74. The van der Waals surface area contributed by atoms with Crippen molar-refractivity contribution in [1.29, 1.82) is 0 Å². The Balaban J connectivity index is 1.80. The molecule has 1 aromatic heterocycles. The van der Waals surface area contributed by atoms with E-state index >= 15 is 0 Å². The van der Waals surface area contributed by atoms with E-state index in [9.17, 15) is 0 Å². The zero-order chi connectivity index (χ0) is 15.0. The second-order valence-corrected chi connectivity index (χ2v) is 7.82. The van der Waals surface area contributed by atoms with Gasteiger partial charge in [0, 0.05) is 29.9 Å². The van der Waals surface area contributed by atoms with Crippen molar-refractivity contribution in [3.05, 3.63) is 10.6 Å². The molecule has 4 nitrogen and oxygen atoms in total. The van der Waals surface area contributed by atoms with Crippen molar-refractivity contribution in [3.8, 4) is 0 Å². The van der Waals surface area contributed by atoms with Crippen LogP contribution in [0.3, 0.4) is 0 Å². The monoisotopic (exact) mass is 309 g/mol. The zero-order valence-electron chi connectivity index (χ0n) is 13.6. The van der Waals surface area contributed by atoms with Gasteiger partial charge in [0.2, 0.25) is 0 Å². The number of ether oxygens (including phenoxy) is 1. The summed E-state index contributed by atoms with van der Waals surface area (Å²) in [6.07, 6.45) is 2.92. The molecule has 21 heavy (non-hydrogen) atoms. The Morgan fingerprint density at radius 2 is 2.14 bits per heavy atom. The van der Waals surface area contributed by atoms with Crippen LogP contribution in [-0.2, 0) is 11.3 Å². The first-order valence-electron chi connectivity index (χ1n) is 8.15. The van der Waals surface area contributed by atoms with Crippen LogP contribution in [0.5, 0.6) is 0 Å². The lowest BCUT2D eigenvalue weighted by Gasteiger charge is -2.36. The fourth-order valence-corrected chi connectivity index (χ4v) is 3.95. The van der Waals surface area contributed by atoms with Crippen molar-refractivity contribution in [3.63, 3.8) is 0 Å². The highest BCUT2D eigenvalue weighted by atomic mass is 32.1. The first kappa shape index (κ1) is 15.3. The zero-order valence-corrected chi connectivity index (χ0v) is 14.4. The summed E-state index contributed by atoms with van der Waals surface area (Å²) in [5.41, 5.74) is 1.36. The topological polar surface area (TPSA) is 37.4 Å². The summed E-state index contributed by atoms with van der Waals surface area (Å²) in [7, 11) is 0. The lowest BCUT2D eigenvalue weighted by Crippen LogP contribution is -2.47. The number of hydrogen-bond acceptors (Lipinski definition) is 5. The Morgan fingerprint density at radius 3 is 2.81 bits per heavy atom. The highest BCUT2D eigenvalue weighted by Crippen LogP contribution is 2.44. The highest BCUT2D eigenvalue weighted by Gasteiger charge is 2.32. The van der Waals surface area contributed by atoms with Crippen molar-refractivity contribution >= 4 is 16.5 Å². The van der Waals surface area contributed by atoms with Gasteiger partial charge in [-0.2, -0.15) is 0 Å². The smallest absolute Gasteiger partial charge is 0.186 e. The average molecular weight is 309 g/mol. The molecule has 2 fully saturated rings. The largest absolute Gasteiger partial charge is 0.375 e. The van der Waals surface area contributed by atoms with E-state index < -0.39 is 0 Å². The lowest BCUT2D eigenvalue weighted by molar-refractivity contribution is 0.0343. The summed E-state index contributed by atoms with van der Waals surface area (Å²) in [5.74, 6) is 0.715. The molecule has 0 spiro atoms. The number of rotatable bonds is 5.